The number of aromatic nitrogens is 1. The summed E-state index contributed by atoms with van der Waals surface area (Å²) < 4.78 is 20.4. The van der Waals surface area contributed by atoms with E-state index in [2.05, 4.69) is 4.98 Å². The minimum Gasteiger partial charge on any atom is -0.507 e. The number of halogens is 1. The lowest BCUT2D eigenvalue weighted by atomic mass is 9.94. The van der Waals surface area contributed by atoms with E-state index in [0.29, 0.717) is 28.2 Å². The molecule has 1 fully saturated rings. The smallest absolute Gasteiger partial charge is 0.301 e. The lowest BCUT2D eigenvalue weighted by Crippen LogP contribution is -2.29. The van der Waals surface area contributed by atoms with Crippen molar-refractivity contribution >= 4 is 44.1 Å². The number of carbonyl (C=O) groups excluding carboxylic acids is 2. The van der Waals surface area contributed by atoms with Crippen LogP contribution in [0.5, 0.6) is 5.75 Å². The highest BCUT2D eigenvalue weighted by Crippen LogP contribution is 2.45. The van der Waals surface area contributed by atoms with E-state index < -0.39 is 23.5 Å². The first-order valence-electron chi connectivity index (χ1n) is 11.5. The van der Waals surface area contributed by atoms with Crippen molar-refractivity contribution in [2.45, 2.75) is 32.4 Å². The fourth-order valence-corrected chi connectivity index (χ4v) is 5.93. The van der Waals surface area contributed by atoms with Gasteiger partial charge in [0.1, 0.15) is 23.4 Å². The molecule has 1 aromatic heterocycles. The van der Waals surface area contributed by atoms with Crippen LogP contribution in [0.15, 0.2) is 66.2 Å². The van der Waals surface area contributed by atoms with Gasteiger partial charge in [0.05, 0.1) is 21.8 Å². The number of fused-ring (bicyclic) bond motifs is 2. The number of aliphatic hydroxyl groups excluding tert-OH is 1. The van der Waals surface area contributed by atoms with E-state index in [9.17, 15) is 19.1 Å². The molecule has 6 rings (SSSR count). The van der Waals surface area contributed by atoms with Gasteiger partial charge in [-0.05, 0) is 73.0 Å². The Balaban J connectivity index is 1.53. The molecular weight excluding hydrogens is 479 g/mol. The summed E-state index contributed by atoms with van der Waals surface area (Å²) in [4.78, 5) is 32.7. The molecular formula is C28H21FN2O4S. The van der Waals surface area contributed by atoms with Crippen molar-refractivity contribution in [2.24, 2.45) is 0 Å². The van der Waals surface area contributed by atoms with Gasteiger partial charge in [0.2, 0.25) is 0 Å². The first-order valence-corrected chi connectivity index (χ1v) is 12.4. The molecule has 180 valence electrons. The second-order valence-corrected chi connectivity index (χ2v) is 10.2. The van der Waals surface area contributed by atoms with Crippen LogP contribution in [0.2, 0.25) is 0 Å². The Kier molecular flexibility index (Phi) is 5.15. The van der Waals surface area contributed by atoms with Crippen LogP contribution in [0.3, 0.4) is 0 Å². The number of ether oxygens (including phenoxy) is 1. The molecule has 0 radical (unpaired) electrons. The Morgan fingerprint density at radius 3 is 2.67 bits per heavy atom. The van der Waals surface area contributed by atoms with E-state index in [1.165, 1.54) is 40.5 Å². The minimum absolute atomic E-state index is 0.0184. The van der Waals surface area contributed by atoms with Gasteiger partial charge in [-0.2, -0.15) is 0 Å². The summed E-state index contributed by atoms with van der Waals surface area (Å²) in [6.07, 6.45) is 0.696. The van der Waals surface area contributed by atoms with Crippen molar-refractivity contribution in [1.82, 2.24) is 4.98 Å². The number of thiazole rings is 1. The summed E-state index contributed by atoms with van der Waals surface area (Å²) in [7, 11) is 0. The maximum atomic E-state index is 13.8. The highest BCUT2D eigenvalue weighted by Gasteiger charge is 2.48. The lowest BCUT2D eigenvalue weighted by molar-refractivity contribution is -0.132. The topological polar surface area (TPSA) is 79.7 Å². The van der Waals surface area contributed by atoms with E-state index in [1.54, 1.807) is 18.2 Å². The van der Waals surface area contributed by atoms with Gasteiger partial charge in [-0.25, -0.2) is 9.37 Å². The number of aryl methyl sites for hydroxylation is 1. The van der Waals surface area contributed by atoms with Crippen LogP contribution in [0.25, 0.3) is 16.0 Å². The number of anilines is 1. The maximum absolute atomic E-state index is 13.8. The Morgan fingerprint density at radius 2 is 1.89 bits per heavy atom. The second-order valence-electron chi connectivity index (χ2n) is 9.14. The Hall–Kier alpha value is -4.04. The zero-order chi connectivity index (χ0) is 25.1. The highest BCUT2D eigenvalue weighted by atomic mass is 32.1. The molecule has 1 amide bonds. The summed E-state index contributed by atoms with van der Waals surface area (Å²) in [6.45, 7) is 3.92. The van der Waals surface area contributed by atoms with Crippen LogP contribution in [0.4, 0.5) is 9.52 Å². The van der Waals surface area contributed by atoms with Crippen molar-refractivity contribution < 1.29 is 23.8 Å². The number of amides is 1. The van der Waals surface area contributed by atoms with Crippen molar-refractivity contribution in [3.63, 3.8) is 0 Å². The molecule has 0 spiro atoms. The predicted octanol–water partition coefficient (Wildman–Crippen LogP) is 5.69. The molecule has 6 nitrogen and oxygen atoms in total. The number of Topliss-reactive ketones (excluding diaryl/α,β-unsaturated/α-hetero) is 1. The highest BCUT2D eigenvalue weighted by molar-refractivity contribution is 7.22. The van der Waals surface area contributed by atoms with Gasteiger partial charge < -0.3 is 9.84 Å². The van der Waals surface area contributed by atoms with Crippen molar-refractivity contribution in [1.29, 1.82) is 0 Å². The summed E-state index contributed by atoms with van der Waals surface area (Å²) in [5, 5.41) is 11.7. The zero-order valence-corrected chi connectivity index (χ0v) is 20.3. The minimum atomic E-state index is -0.962. The molecule has 0 saturated carbocycles. The molecule has 0 aliphatic carbocycles. The van der Waals surface area contributed by atoms with E-state index >= 15 is 0 Å². The molecule has 2 atom stereocenters. The van der Waals surface area contributed by atoms with Crippen molar-refractivity contribution in [2.75, 3.05) is 4.90 Å². The van der Waals surface area contributed by atoms with E-state index in [0.717, 1.165) is 21.6 Å². The Labute approximate surface area is 210 Å². The number of carbonyl (C=O) groups is 2. The molecule has 4 aromatic rings. The first kappa shape index (κ1) is 22.4. The molecule has 2 aliphatic rings. The van der Waals surface area contributed by atoms with Crippen molar-refractivity contribution in [3.05, 3.63) is 94.3 Å². The number of rotatable bonds is 3. The number of nitrogens with zero attached hydrogens (tertiary/aromatic N) is 2. The fourth-order valence-electron chi connectivity index (χ4n) is 4.84. The van der Waals surface area contributed by atoms with E-state index in [1.807, 2.05) is 32.0 Å². The van der Waals surface area contributed by atoms with Gasteiger partial charge >= 0.3 is 5.91 Å². The summed E-state index contributed by atoms with van der Waals surface area (Å²) in [6, 6.07) is 15.6. The zero-order valence-electron chi connectivity index (χ0n) is 19.5. The van der Waals surface area contributed by atoms with Gasteiger partial charge in [-0.3, -0.25) is 14.5 Å². The van der Waals surface area contributed by atoms with Gasteiger partial charge in [0.15, 0.2) is 5.13 Å². The molecule has 0 bridgehead atoms. The van der Waals surface area contributed by atoms with Crippen LogP contribution in [-0.2, 0) is 16.0 Å². The SMILES string of the molecule is Cc1ccc2nc(N3C(=O)C(=O)/C(=C(/O)c4ccc5c(c4)C[C@@H](C)O5)[C@@H]3c3ccc(F)cc3)sc2c1. The summed E-state index contributed by atoms with van der Waals surface area (Å²) in [5.41, 5.74) is 3.51. The average molecular weight is 501 g/mol. The molecule has 1 saturated heterocycles. The largest absolute Gasteiger partial charge is 0.507 e. The number of aliphatic hydroxyl groups is 1. The quantitative estimate of drug-likeness (QED) is 0.222. The fraction of sp³-hybridized carbons (Fsp3) is 0.179. The third kappa shape index (κ3) is 3.56. The van der Waals surface area contributed by atoms with Crippen LogP contribution in [0, 0.1) is 12.7 Å². The van der Waals surface area contributed by atoms with E-state index in [-0.39, 0.29) is 17.4 Å². The third-order valence-corrected chi connectivity index (χ3v) is 7.56. The van der Waals surface area contributed by atoms with Crippen LogP contribution in [0.1, 0.15) is 35.2 Å². The number of hydrogen-bond donors (Lipinski definition) is 1. The molecule has 36 heavy (non-hydrogen) atoms. The number of benzene rings is 3. The van der Waals surface area contributed by atoms with Crippen LogP contribution >= 0.6 is 11.3 Å². The monoisotopic (exact) mass is 500 g/mol. The normalized spacial score (nSPS) is 20.7. The van der Waals surface area contributed by atoms with Gasteiger partial charge in [0, 0.05) is 12.0 Å². The average Bonchev–Trinajstić information content (AvgIpc) is 3.51. The molecule has 0 unspecified atom stereocenters. The van der Waals surface area contributed by atoms with Gasteiger partial charge in [0.25, 0.3) is 5.78 Å². The van der Waals surface area contributed by atoms with Crippen LogP contribution in [-0.4, -0.2) is 27.9 Å². The predicted molar refractivity (Wildman–Crippen MR) is 136 cm³/mol. The molecule has 3 heterocycles. The number of hydrogen-bond acceptors (Lipinski definition) is 6. The Morgan fingerprint density at radius 1 is 1.11 bits per heavy atom. The standard InChI is InChI=1S/C28H21FN2O4S/c1-14-3-9-20-22(11-14)36-28(30-20)31-24(16-4-7-19(29)8-5-16)23(26(33)27(31)34)25(32)17-6-10-21-18(13-17)12-15(2)35-21/h3-11,13,15,24,32H,12H2,1-2H3/b25-23+/t15-,24+/m1/s1. The van der Waals surface area contributed by atoms with E-state index in [4.69, 9.17) is 4.74 Å². The first-order chi connectivity index (χ1) is 17.3. The molecule has 8 heteroatoms. The Bertz CT molecular complexity index is 1590. The van der Waals surface area contributed by atoms with Crippen molar-refractivity contribution in [3.8, 4) is 5.75 Å². The maximum Gasteiger partial charge on any atom is 0.301 e. The lowest BCUT2D eigenvalue weighted by Gasteiger charge is -2.23. The summed E-state index contributed by atoms with van der Waals surface area (Å²) in [5.74, 6) is -1.61. The molecule has 2 aliphatic heterocycles. The second kappa shape index (κ2) is 8.27. The summed E-state index contributed by atoms with van der Waals surface area (Å²) >= 11 is 1.29. The molecule has 3 aromatic carbocycles. The van der Waals surface area contributed by atoms with Gasteiger partial charge in [-0.1, -0.05) is 29.5 Å². The molecule has 1 N–H and O–H groups in total. The van der Waals surface area contributed by atoms with Gasteiger partial charge in [-0.15, -0.1) is 0 Å². The number of ketones is 1. The van der Waals surface area contributed by atoms with Crippen LogP contribution < -0.4 is 9.64 Å². The third-order valence-electron chi connectivity index (χ3n) is 6.54.